The summed E-state index contributed by atoms with van der Waals surface area (Å²) in [6, 6.07) is 3.64. The van der Waals surface area contributed by atoms with Crippen LogP contribution in [0.15, 0.2) is 41.8 Å². The summed E-state index contributed by atoms with van der Waals surface area (Å²) in [6.07, 6.45) is 8.57. The molecule has 0 aromatic carbocycles. The van der Waals surface area contributed by atoms with E-state index in [2.05, 4.69) is 9.98 Å². The quantitative estimate of drug-likeness (QED) is 0.423. The average molecular weight is 224 g/mol. The molecule has 0 radical (unpaired) electrons. The van der Waals surface area contributed by atoms with Crippen molar-refractivity contribution in [3.63, 3.8) is 0 Å². The van der Waals surface area contributed by atoms with Crippen LogP contribution in [0.5, 0.6) is 5.75 Å². The van der Waals surface area contributed by atoms with Gasteiger partial charge in [-0.1, -0.05) is 6.08 Å². The minimum Gasteiger partial charge on any atom is -0.448 e. The summed E-state index contributed by atoms with van der Waals surface area (Å²) < 4.78 is 10.5. The number of rotatable bonds is 6. The Balaban J connectivity index is 2.07. The zero-order chi connectivity index (χ0) is 10.8. The molecule has 0 fully saturated rings. The zero-order valence-electron chi connectivity index (χ0n) is 8.46. The summed E-state index contributed by atoms with van der Waals surface area (Å²) in [6.45, 7) is 2.36. The van der Waals surface area contributed by atoms with Gasteiger partial charge in [-0.3, -0.25) is 9.98 Å². The van der Waals surface area contributed by atoms with E-state index in [1.54, 1.807) is 24.8 Å². The smallest absolute Gasteiger partial charge is 0.215 e. The van der Waals surface area contributed by atoms with Crippen LogP contribution in [0.1, 0.15) is 6.92 Å². The number of aliphatic imine (C=N–C) groups is 1. The second kappa shape index (κ2) is 8.09. The maximum atomic E-state index is 5.28. The van der Waals surface area contributed by atoms with Crippen molar-refractivity contribution in [3.05, 3.63) is 36.8 Å². The molecule has 0 aliphatic carbocycles. The van der Waals surface area contributed by atoms with E-state index in [4.69, 9.17) is 9.05 Å². The molecule has 15 heavy (non-hydrogen) atoms. The first-order valence-electron chi connectivity index (χ1n) is 4.50. The Kier molecular flexibility index (Phi) is 6.38. The third-order valence-electron chi connectivity index (χ3n) is 1.35. The number of nitrogens with zero attached hydrogens (tertiary/aromatic N) is 2. The molecule has 0 aliphatic rings. The van der Waals surface area contributed by atoms with Crippen LogP contribution in [-0.2, 0) is 4.52 Å². The molecule has 1 atom stereocenters. The number of allylic oxidation sites excluding steroid dienone is 1. The molecule has 0 aliphatic heterocycles. The van der Waals surface area contributed by atoms with E-state index in [0.29, 0.717) is 12.4 Å². The maximum absolute atomic E-state index is 5.28. The number of hydrogen-bond donors (Lipinski definition) is 0. The fourth-order valence-electron chi connectivity index (χ4n) is 0.746. The molecule has 5 heteroatoms. The predicted octanol–water partition coefficient (Wildman–Crippen LogP) is 2.59. The second-order valence-corrected chi connectivity index (χ2v) is 3.16. The van der Waals surface area contributed by atoms with Gasteiger partial charge < -0.3 is 9.05 Å². The van der Waals surface area contributed by atoms with Gasteiger partial charge in [-0.2, -0.15) is 0 Å². The van der Waals surface area contributed by atoms with Gasteiger partial charge in [0.05, 0.1) is 12.8 Å². The van der Waals surface area contributed by atoms with Gasteiger partial charge in [-0.25, -0.2) is 0 Å². The highest BCUT2D eigenvalue weighted by atomic mass is 31.1. The molecule has 1 rings (SSSR count). The van der Waals surface area contributed by atoms with Gasteiger partial charge >= 0.3 is 0 Å². The molecule has 4 nitrogen and oxygen atoms in total. The Hall–Kier alpha value is -1.25. The summed E-state index contributed by atoms with van der Waals surface area (Å²) in [5.41, 5.74) is 0. The number of hydrogen-bond acceptors (Lipinski definition) is 4. The molecular weight excluding hydrogens is 211 g/mol. The van der Waals surface area contributed by atoms with Crippen LogP contribution in [0.3, 0.4) is 0 Å². The van der Waals surface area contributed by atoms with Crippen molar-refractivity contribution in [2.24, 2.45) is 4.99 Å². The van der Waals surface area contributed by atoms with E-state index in [0.717, 1.165) is 0 Å². The molecule has 0 saturated carbocycles. The highest BCUT2D eigenvalue weighted by Gasteiger charge is 1.90. The molecule has 1 aromatic rings. The van der Waals surface area contributed by atoms with Gasteiger partial charge in [0.15, 0.2) is 0 Å². The Morgan fingerprint density at radius 2 is 2.53 bits per heavy atom. The first kappa shape index (κ1) is 11.8. The lowest BCUT2D eigenvalue weighted by Crippen LogP contribution is -1.88. The molecule has 1 heterocycles. The van der Waals surface area contributed by atoms with Crippen molar-refractivity contribution >= 4 is 15.2 Å². The highest BCUT2D eigenvalue weighted by Crippen LogP contribution is 2.19. The molecule has 1 aromatic heterocycles. The number of pyridine rings is 1. The fourth-order valence-corrected chi connectivity index (χ4v) is 1.16. The zero-order valence-corrected chi connectivity index (χ0v) is 9.46. The molecule has 0 spiro atoms. The standard InChI is InChI=1S/C10H13N2O2P/c1-2-5-11-7-8-13-15-14-10-4-3-6-12-9-10/h2-7,9,15H,8H2,1H3/b5-2-,11-7?. The monoisotopic (exact) mass is 224 g/mol. The van der Waals surface area contributed by atoms with Crippen LogP contribution in [0.25, 0.3) is 0 Å². The van der Waals surface area contributed by atoms with Crippen molar-refractivity contribution in [2.45, 2.75) is 6.92 Å². The van der Waals surface area contributed by atoms with Crippen LogP contribution in [0, 0.1) is 0 Å². The van der Waals surface area contributed by atoms with Gasteiger partial charge in [0.1, 0.15) is 5.75 Å². The third-order valence-corrected chi connectivity index (χ3v) is 1.95. The third kappa shape index (κ3) is 5.94. The first-order chi connectivity index (χ1) is 7.43. The first-order valence-corrected chi connectivity index (χ1v) is 5.31. The second-order valence-electron chi connectivity index (χ2n) is 2.50. The minimum atomic E-state index is -0.0338. The molecule has 0 N–H and O–H groups in total. The lowest BCUT2D eigenvalue weighted by atomic mass is 10.5. The Morgan fingerprint density at radius 1 is 1.60 bits per heavy atom. The predicted molar refractivity (Wildman–Crippen MR) is 62.4 cm³/mol. The van der Waals surface area contributed by atoms with E-state index in [1.807, 2.05) is 25.1 Å². The van der Waals surface area contributed by atoms with Crippen LogP contribution < -0.4 is 4.52 Å². The topological polar surface area (TPSA) is 43.7 Å². The van der Waals surface area contributed by atoms with Gasteiger partial charge in [0.25, 0.3) is 0 Å². The Morgan fingerprint density at radius 3 is 3.27 bits per heavy atom. The van der Waals surface area contributed by atoms with Crippen LogP contribution in [0.2, 0.25) is 0 Å². The molecular formula is C10H13N2O2P. The highest BCUT2D eigenvalue weighted by molar-refractivity contribution is 7.26. The van der Waals surface area contributed by atoms with E-state index in [9.17, 15) is 0 Å². The Labute approximate surface area is 91.0 Å². The summed E-state index contributed by atoms with van der Waals surface area (Å²) in [4.78, 5) is 7.85. The van der Waals surface area contributed by atoms with E-state index in [1.165, 1.54) is 0 Å². The van der Waals surface area contributed by atoms with Crippen molar-refractivity contribution < 1.29 is 9.05 Å². The van der Waals surface area contributed by atoms with Gasteiger partial charge in [0.2, 0.25) is 9.03 Å². The van der Waals surface area contributed by atoms with E-state index >= 15 is 0 Å². The Bertz CT molecular complexity index is 314. The van der Waals surface area contributed by atoms with Crippen molar-refractivity contribution in [3.8, 4) is 5.75 Å². The lowest BCUT2D eigenvalue weighted by Gasteiger charge is -2.02. The molecule has 0 bridgehead atoms. The largest absolute Gasteiger partial charge is 0.448 e. The molecule has 0 saturated heterocycles. The fraction of sp³-hybridized carbons (Fsp3) is 0.200. The van der Waals surface area contributed by atoms with Crippen molar-refractivity contribution in [1.82, 2.24) is 4.98 Å². The molecule has 0 amide bonds. The van der Waals surface area contributed by atoms with Crippen LogP contribution >= 0.6 is 9.03 Å². The summed E-state index contributed by atoms with van der Waals surface area (Å²) in [5.74, 6) is 0.709. The summed E-state index contributed by atoms with van der Waals surface area (Å²) in [5, 5.41) is 0. The average Bonchev–Trinajstić information content (AvgIpc) is 2.29. The van der Waals surface area contributed by atoms with E-state index < -0.39 is 0 Å². The minimum absolute atomic E-state index is 0.0338. The van der Waals surface area contributed by atoms with Crippen LogP contribution in [-0.4, -0.2) is 17.8 Å². The SMILES string of the molecule is C/C=C\N=CCOPOc1cccnc1. The van der Waals surface area contributed by atoms with Crippen molar-refractivity contribution in [1.29, 1.82) is 0 Å². The van der Waals surface area contributed by atoms with E-state index in [-0.39, 0.29) is 9.03 Å². The molecule has 80 valence electrons. The summed E-state index contributed by atoms with van der Waals surface area (Å²) >= 11 is 0. The van der Waals surface area contributed by atoms with Crippen LogP contribution in [0.4, 0.5) is 0 Å². The number of aromatic nitrogens is 1. The lowest BCUT2D eigenvalue weighted by molar-refractivity contribution is 0.387. The summed E-state index contributed by atoms with van der Waals surface area (Å²) in [7, 11) is -0.0338. The maximum Gasteiger partial charge on any atom is 0.215 e. The van der Waals surface area contributed by atoms with Gasteiger partial charge in [-0.15, -0.1) is 0 Å². The van der Waals surface area contributed by atoms with Gasteiger partial charge in [0, 0.05) is 18.6 Å². The normalized spacial score (nSPS) is 12.1. The van der Waals surface area contributed by atoms with Gasteiger partial charge in [-0.05, 0) is 19.1 Å². The van der Waals surface area contributed by atoms with Crippen molar-refractivity contribution in [2.75, 3.05) is 6.61 Å². The molecule has 1 unspecified atom stereocenters.